The van der Waals surface area contributed by atoms with Crippen LogP contribution in [0.4, 0.5) is 0 Å². The highest BCUT2D eigenvalue weighted by Crippen LogP contribution is 2.15. The first-order valence-electron chi connectivity index (χ1n) is 3.67. The van der Waals surface area contributed by atoms with E-state index in [4.69, 9.17) is 23.2 Å². The molecule has 0 saturated heterocycles. The average Bonchev–Trinajstić information content (AvgIpc) is 2.04. The molecule has 0 bridgehead atoms. The van der Waals surface area contributed by atoms with E-state index in [9.17, 15) is 4.79 Å². The summed E-state index contributed by atoms with van der Waals surface area (Å²) in [6.07, 6.45) is 0.462. The SMILES string of the molecule is O=C(Cl)C(Cl)Cc1cccc(Br)c1. The van der Waals surface area contributed by atoms with Gasteiger partial charge in [0.15, 0.2) is 0 Å². The van der Waals surface area contributed by atoms with E-state index in [1.54, 1.807) is 0 Å². The van der Waals surface area contributed by atoms with Crippen molar-refractivity contribution in [1.82, 2.24) is 0 Å². The van der Waals surface area contributed by atoms with E-state index < -0.39 is 10.6 Å². The molecule has 1 rings (SSSR count). The number of carbonyl (C=O) groups is 1. The van der Waals surface area contributed by atoms with Crippen LogP contribution >= 0.6 is 39.1 Å². The van der Waals surface area contributed by atoms with Crippen LogP contribution in [-0.4, -0.2) is 10.6 Å². The molecule has 0 radical (unpaired) electrons. The van der Waals surface area contributed by atoms with Crippen molar-refractivity contribution in [3.05, 3.63) is 34.3 Å². The number of hydrogen-bond acceptors (Lipinski definition) is 1. The molecule has 0 aliphatic heterocycles. The summed E-state index contributed by atoms with van der Waals surface area (Å²) < 4.78 is 0.968. The number of halogens is 3. The Kier molecular flexibility index (Phi) is 4.23. The van der Waals surface area contributed by atoms with Crippen molar-refractivity contribution in [1.29, 1.82) is 0 Å². The van der Waals surface area contributed by atoms with Crippen LogP contribution in [-0.2, 0) is 11.2 Å². The van der Waals surface area contributed by atoms with Gasteiger partial charge in [0.05, 0.1) is 0 Å². The molecule has 1 atom stereocenters. The standard InChI is InChI=1S/C9H7BrCl2O/c10-7-3-1-2-6(4-7)5-8(11)9(12)13/h1-4,8H,5H2. The fraction of sp³-hybridized carbons (Fsp3) is 0.222. The molecule has 0 fully saturated rings. The van der Waals surface area contributed by atoms with Gasteiger partial charge in [0.1, 0.15) is 5.38 Å². The molecule has 0 aliphatic rings. The van der Waals surface area contributed by atoms with Gasteiger partial charge in [-0.05, 0) is 35.7 Å². The van der Waals surface area contributed by atoms with Gasteiger partial charge in [-0.25, -0.2) is 0 Å². The van der Waals surface area contributed by atoms with Crippen molar-refractivity contribution in [2.45, 2.75) is 11.8 Å². The zero-order valence-electron chi connectivity index (χ0n) is 6.64. The van der Waals surface area contributed by atoms with E-state index in [1.165, 1.54) is 0 Å². The number of alkyl halides is 1. The van der Waals surface area contributed by atoms with Gasteiger partial charge in [-0.3, -0.25) is 4.79 Å². The monoisotopic (exact) mass is 280 g/mol. The predicted molar refractivity (Wildman–Crippen MR) is 58.3 cm³/mol. The molecule has 0 aromatic heterocycles. The molecule has 4 heteroatoms. The molecule has 0 amide bonds. The first-order chi connectivity index (χ1) is 6.09. The van der Waals surface area contributed by atoms with Crippen molar-refractivity contribution in [3.8, 4) is 0 Å². The smallest absolute Gasteiger partial charge is 0.239 e. The number of hydrogen-bond donors (Lipinski definition) is 0. The van der Waals surface area contributed by atoms with E-state index in [1.807, 2.05) is 24.3 Å². The molecule has 1 nitrogen and oxygen atoms in total. The van der Waals surface area contributed by atoms with Crippen molar-refractivity contribution < 1.29 is 4.79 Å². The minimum Gasteiger partial charge on any atom is -0.280 e. The largest absolute Gasteiger partial charge is 0.280 e. The summed E-state index contributed by atoms with van der Waals surface area (Å²) in [5, 5.41) is -1.15. The first kappa shape index (κ1) is 11.0. The highest BCUT2D eigenvalue weighted by Gasteiger charge is 2.12. The molecule has 0 heterocycles. The molecule has 0 aliphatic carbocycles. The Hall–Kier alpha value is -0.0500. The number of carbonyl (C=O) groups excluding carboxylic acids is 1. The van der Waals surface area contributed by atoms with Crippen molar-refractivity contribution in [2.75, 3.05) is 0 Å². The van der Waals surface area contributed by atoms with Crippen LogP contribution in [0.2, 0.25) is 0 Å². The Labute approximate surface area is 95.2 Å². The van der Waals surface area contributed by atoms with Gasteiger partial charge in [0, 0.05) is 4.47 Å². The summed E-state index contributed by atoms with van der Waals surface area (Å²) in [5.74, 6) is 0. The summed E-state index contributed by atoms with van der Waals surface area (Å²) in [4.78, 5) is 10.7. The molecule has 1 unspecified atom stereocenters. The zero-order chi connectivity index (χ0) is 9.84. The van der Waals surface area contributed by atoms with E-state index in [0.717, 1.165) is 10.0 Å². The Morgan fingerprint density at radius 1 is 1.54 bits per heavy atom. The van der Waals surface area contributed by atoms with Gasteiger partial charge >= 0.3 is 0 Å². The van der Waals surface area contributed by atoms with Crippen LogP contribution < -0.4 is 0 Å². The molecule has 1 aromatic carbocycles. The molecular weight excluding hydrogens is 275 g/mol. The van der Waals surface area contributed by atoms with Crippen LogP contribution in [0.25, 0.3) is 0 Å². The molecule has 70 valence electrons. The molecular formula is C9H7BrCl2O. The molecule has 0 saturated carbocycles. The van der Waals surface area contributed by atoms with Crippen molar-refractivity contribution in [2.24, 2.45) is 0 Å². The Morgan fingerprint density at radius 3 is 2.77 bits per heavy atom. The second-order valence-electron chi connectivity index (χ2n) is 2.61. The van der Waals surface area contributed by atoms with Gasteiger partial charge in [0.25, 0.3) is 0 Å². The summed E-state index contributed by atoms with van der Waals surface area (Å²) in [5.41, 5.74) is 0.989. The van der Waals surface area contributed by atoms with Gasteiger partial charge < -0.3 is 0 Å². The average molecular weight is 282 g/mol. The summed E-state index contributed by atoms with van der Waals surface area (Å²) in [6.45, 7) is 0. The number of rotatable bonds is 3. The lowest BCUT2D eigenvalue weighted by Gasteiger charge is -2.04. The lowest BCUT2D eigenvalue weighted by Crippen LogP contribution is -2.10. The van der Waals surface area contributed by atoms with Gasteiger partial charge in [-0.15, -0.1) is 11.6 Å². The van der Waals surface area contributed by atoms with E-state index >= 15 is 0 Å². The van der Waals surface area contributed by atoms with Crippen LogP contribution in [0.15, 0.2) is 28.7 Å². The first-order valence-corrected chi connectivity index (χ1v) is 5.28. The zero-order valence-corrected chi connectivity index (χ0v) is 9.73. The fourth-order valence-corrected chi connectivity index (χ4v) is 1.65. The summed E-state index contributed by atoms with van der Waals surface area (Å²) in [7, 11) is 0. The highest BCUT2D eigenvalue weighted by molar-refractivity contribution is 9.10. The van der Waals surface area contributed by atoms with E-state index in [2.05, 4.69) is 15.9 Å². The maximum absolute atomic E-state index is 10.7. The van der Waals surface area contributed by atoms with Crippen LogP contribution in [0, 0.1) is 0 Å². The summed E-state index contributed by atoms with van der Waals surface area (Å²) >= 11 is 14.3. The van der Waals surface area contributed by atoms with Gasteiger partial charge in [-0.2, -0.15) is 0 Å². The quantitative estimate of drug-likeness (QED) is 0.613. The lowest BCUT2D eigenvalue weighted by atomic mass is 10.1. The molecule has 0 spiro atoms. The third kappa shape index (κ3) is 3.67. The minimum atomic E-state index is -0.643. The second kappa shape index (κ2) is 4.99. The topological polar surface area (TPSA) is 17.1 Å². The molecule has 13 heavy (non-hydrogen) atoms. The third-order valence-corrected chi connectivity index (χ3v) is 2.77. The van der Waals surface area contributed by atoms with Crippen molar-refractivity contribution in [3.63, 3.8) is 0 Å². The lowest BCUT2D eigenvalue weighted by molar-refractivity contribution is -0.111. The normalized spacial score (nSPS) is 12.5. The van der Waals surface area contributed by atoms with Crippen LogP contribution in [0.3, 0.4) is 0 Å². The Bertz CT molecular complexity index is 314. The van der Waals surface area contributed by atoms with E-state index in [0.29, 0.717) is 6.42 Å². The fourth-order valence-electron chi connectivity index (χ4n) is 0.951. The summed E-state index contributed by atoms with van der Waals surface area (Å²) in [6, 6.07) is 7.62. The predicted octanol–water partition coefficient (Wildman–Crippen LogP) is 3.36. The maximum Gasteiger partial charge on any atom is 0.239 e. The van der Waals surface area contributed by atoms with E-state index in [-0.39, 0.29) is 0 Å². The minimum absolute atomic E-state index is 0.462. The van der Waals surface area contributed by atoms with Gasteiger partial charge in [0.2, 0.25) is 5.24 Å². The van der Waals surface area contributed by atoms with Crippen LogP contribution in [0.1, 0.15) is 5.56 Å². The molecule has 1 aromatic rings. The van der Waals surface area contributed by atoms with Crippen LogP contribution in [0.5, 0.6) is 0 Å². The Morgan fingerprint density at radius 2 is 2.23 bits per heavy atom. The third-order valence-electron chi connectivity index (χ3n) is 1.55. The Balaban J connectivity index is 2.69. The highest BCUT2D eigenvalue weighted by atomic mass is 79.9. The molecule has 0 N–H and O–H groups in total. The van der Waals surface area contributed by atoms with Gasteiger partial charge in [-0.1, -0.05) is 28.1 Å². The second-order valence-corrected chi connectivity index (χ2v) is 4.42. The number of benzene rings is 1. The van der Waals surface area contributed by atoms with Crippen molar-refractivity contribution >= 4 is 44.4 Å². The maximum atomic E-state index is 10.7.